The van der Waals surface area contributed by atoms with Crippen LogP contribution in [0, 0.1) is 0 Å². The van der Waals surface area contributed by atoms with Crippen LogP contribution in [0.4, 0.5) is 5.69 Å². The van der Waals surface area contributed by atoms with Gasteiger partial charge in [0.25, 0.3) is 0 Å². The summed E-state index contributed by atoms with van der Waals surface area (Å²) in [5.74, 6) is 0.0226. The molecule has 0 aliphatic carbocycles. The van der Waals surface area contributed by atoms with Crippen LogP contribution >= 0.6 is 0 Å². The summed E-state index contributed by atoms with van der Waals surface area (Å²) in [5.41, 5.74) is 9.63. The summed E-state index contributed by atoms with van der Waals surface area (Å²) in [6.45, 7) is 4.72. The van der Waals surface area contributed by atoms with Crippen LogP contribution in [-0.2, 0) is 17.8 Å². The molecule has 0 unspecified atom stereocenters. The Morgan fingerprint density at radius 2 is 1.58 bits per heavy atom. The lowest BCUT2D eigenvalue weighted by Gasteiger charge is -2.12. The van der Waals surface area contributed by atoms with Gasteiger partial charge in [-0.2, -0.15) is 5.10 Å². The fourth-order valence-corrected chi connectivity index (χ4v) is 4.63. The summed E-state index contributed by atoms with van der Waals surface area (Å²) >= 11 is 0. The fourth-order valence-electron chi connectivity index (χ4n) is 4.63. The number of nitrogens with one attached hydrogen (secondary N) is 3. The maximum absolute atomic E-state index is 12.6. The fraction of sp³-hybridized carbons (Fsp3) is 0.100. The number of carbonyl (C=O) groups is 1. The largest absolute Gasteiger partial charge is 0.354 e. The molecule has 0 saturated heterocycles. The number of hydrogen-bond acceptors (Lipinski definition) is 4. The second-order valence-corrected chi connectivity index (χ2v) is 9.08. The molecule has 36 heavy (non-hydrogen) atoms. The van der Waals surface area contributed by atoms with Crippen LogP contribution in [0.15, 0.2) is 91.8 Å². The van der Waals surface area contributed by atoms with E-state index in [1.807, 2.05) is 36.5 Å². The van der Waals surface area contributed by atoms with E-state index < -0.39 is 0 Å². The molecule has 3 heterocycles. The number of hydrogen-bond donors (Lipinski definition) is 3. The highest BCUT2D eigenvalue weighted by Gasteiger charge is 2.13. The smallest absolute Gasteiger partial charge is 0.220 e. The predicted octanol–water partition coefficient (Wildman–Crippen LogP) is 5.94. The third-order valence-electron chi connectivity index (χ3n) is 6.53. The zero-order valence-corrected chi connectivity index (χ0v) is 19.7. The number of aryl methyl sites for hydroxylation is 1. The third kappa shape index (κ3) is 4.36. The van der Waals surface area contributed by atoms with Gasteiger partial charge >= 0.3 is 0 Å². The molecule has 176 valence electrons. The van der Waals surface area contributed by atoms with E-state index in [0.717, 1.165) is 55.7 Å². The Bertz CT molecular complexity index is 1620. The van der Waals surface area contributed by atoms with Crippen molar-refractivity contribution < 1.29 is 4.79 Å². The van der Waals surface area contributed by atoms with Crippen molar-refractivity contribution in [1.82, 2.24) is 20.5 Å². The number of anilines is 1. The summed E-state index contributed by atoms with van der Waals surface area (Å²) in [5, 5.41) is 15.1. The number of fused-ring (bicyclic) bond motifs is 9. The van der Waals surface area contributed by atoms with E-state index in [1.54, 1.807) is 6.20 Å². The average molecular weight is 472 g/mol. The minimum absolute atomic E-state index is 0.0226. The van der Waals surface area contributed by atoms with E-state index in [2.05, 4.69) is 74.9 Å². The number of aromatic nitrogens is 3. The first-order valence-electron chi connectivity index (χ1n) is 12.0. The lowest BCUT2D eigenvalue weighted by atomic mass is 10.00. The highest BCUT2D eigenvalue weighted by Crippen LogP contribution is 2.30. The second kappa shape index (κ2) is 9.15. The van der Waals surface area contributed by atoms with Crippen molar-refractivity contribution in [2.24, 2.45) is 0 Å². The number of amides is 1. The molecule has 0 fully saturated rings. The quantitative estimate of drug-likeness (QED) is 0.261. The van der Waals surface area contributed by atoms with Gasteiger partial charge in [0.05, 0.1) is 11.2 Å². The molecule has 1 aliphatic rings. The van der Waals surface area contributed by atoms with E-state index in [-0.39, 0.29) is 5.91 Å². The summed E-state index contributed by atoms with van der Waals surface area (Å²) < 4.78 is 0. The van der Waals surface area contributed by atoms with E-state index in [9.17, 15) is 4.79 Å². The number of rotatable bonds is 0. The lowest BCUT2D eigenvalue weighted by molar-refractivity contribution is -0.121. The second-order valence-electron chi connectivity index (χ2n) is 9.08. The van der Waals surface area contributed by atoms with Gasteiger partial charge < -0.3 is 10.6 Å². The Labute approximate surface area is 209 Å². The number of nitrogens with zero attached hydrogens (tertiary/aromatic N) is 2. The number of pyridine rings is 1. The Kier molecular flexibility index (Phi) is 5.54. The SMILES string of the molecule is C=C1Nc2cccc(c2)-c2cccc(c2)CCC(=O)NCc2cncc(c2)-c2ccc3[nH]nc1c3c2. The van der Waals surface area contributed by atoms with Crippen molar-refractivity contribution in [2.75, 3.05) is 5.32 Å². The Morgan fingerprint density at radius 3 is 2.50 bits per heavy atom. The summed E-state index contributed by atoms with van der Waals surface area (Å²) in [4.78, 5) is 17.0. The first-order chi connectivity index (χ1) is 17.6. The van der Waals surface area contributed by atoms with Gasteiger partial charge in [0, 0.05) is 42.0 Å². The molecule has 0 spiro atoms. The van der Waals surface area contributed by atoms with Crippen LogP contribution in [0.2, 0.25) is 0 Å². The van der Waals surface area contributed by atoms with Gasteiger partial charge in [-0.15, -0.1) is 0 Å². The van der Waals surface area contributed by atoms with Crippen LogP contribution in [0.1, 0.15) is 23.2 Å². The number of H-pyrrole nitrogens is 1. The molecular weight excluding hydrogens is 446 g/mol. The van der Waals surface area contributed by atoms with Crippen LogP contribution in [-0.4, -0.2) is 21.1 Å². The molecule has 0 saturated carbocycles. The maximum atomic E-state index is 12.6. The molecule has 6 rings (SSSR count). The van der Waals surface area contributed by atoms with Crippen LogP contribution in [0.3, 0.4) is 0 Å². The molecule has 0 radical (unpaired) electrons. The van der Waals surface area contributed by atoms with Crippen LogP contribution in [0.5, 0.6) is 0 Å². The molecule has 1 amide bonds. The van der Waals surface area contributed by atoms with Gasteiger partial charge in [0.1, 0.15) is 5.69 Å². The molecule has 0 atom stereocenters. The Balaban J connectivity index is 1.44. The molecule has 5 aromatic rings. The zero-order valence-electron chi connectivity index (χ0n) is 19.7. The number of benzene rings is 3. The predicted molar refractivity (Wildman–Crippen MR) is 144 cm³/mol. The lowest BCUT2D eigenvalue weighted by Crippen LogP contribution is -2.23. The molecule has 1 aliphatic heterocycles. The Hall–Kier alpha value is -4.71. The van der Waals surface area contributed by atoms with Crippen molar-refractivity contribution in [3.05, 3.63) is 109 Å². The first kappa shape index (κ1) is 21.8. The molecule has 2 aromatic heterocycles. The van der Waals surface area contributed by atoms with Crippen molar-refractivity contribution >= 4 is 28.2 Å². The summed E-state index contributed by atoms with van der Waals surface area (Å²) in [6, 6.07) is 24.8. The molecular formula is C30H25N5O. The van der Waals surface area contributed by atoms with Gasteiger partial charge in [-0.25, -0.2) is 0 Å². The zero-order chi connectivity index (χ0) is 24.5. The van der Waals surface area contributed by atoms with E-state index in [0.29, 0.717) is 25.1 Å². The standard InChI is InChI=1S/C30H25N5O/c1-19-30-27-15-24(9-10-28(27)34-35-30)25-13-21(16-31-18-25)17-32-29(36)11-8-20-4-2-5-22(12-20)23-6-3-7-26(14-23)33-19/h2-7,9-10,12-16,18,33H,1,8,11,17H2,(H,32,36)(H,34,35). The van der Waals surface area contributed by atoms with E-state index in [4.69, 9.17) is 0 Å². The molecule has 6 nitrogen and oxygen atoms in total. The maximum Gasteiger partial charge on any atom is 0.220 e. The van der Waals surface area contributed by atoms with Crippen molar-refractivity contribution in [3.63, 3.8) is 0 Å². The van der Waals surface area contributed by atoms with Gasteiger partial charge in [-0.05, 0) is 64.6 Å². The van der Waals surface area contributed by atoms with Gasteiger partial charge in [0.15, 0.2) is 0 Å². The minimum atomic E-state index is 0.0226. The average Bonchev–Trinajstić information content (AvgIpc) is 3.34. The highest BCUT2D eigenvalue weighted by molar-refractivity contribution is 5.95. The molecule has 3 N–H and O–H groups in total. The molecule has 3 aromatic carbocycles. The normalized spacial score (nSPS) is 13.8. The third-order valence-corrected chi connectivity index (χ3v) is 6.53. The Morgan fingerprint density at radius 1 is 0.778 bits per heavy atom. The topological polar surface area (TPSA) is 82.7 Å². The summed E-state index contributed by atoms with van der Waals surface area (Å²) in [7, 11) is 0. The number of aromatic amines is 1. The van der Waals surface area contributed by atoms with Gasteiger partial charge in [-0.1, -0.05) is 49.0 Å². The van der Waals surface area contributed by atoms with Crippen molar-refractivity contribution in [2.45, 2.75) is 19.4 Å². The first-order valence-corrected chi connectivity index (χ1v) is 12.0. The van der Waals surface area contributed by atoms with Gasteiger partial charge in [0.2, 0.25) is 5.91 Å². The van der Waals surface area contributed by atoms with E-state index >= 15 is 0 Å². The monoisotopic (exact) mass is 471 g/mol. The van der Waals surface area contributed by atoms with Crippen LogP contribution < -0.4 is 10.6 Å². The molecule has 6 heteroatoms. The molecule has 8 bridgehead atoms. The minimum Gasteiger partial charge on any atom is -0.354 e. The van der Waals surface area contributed by atoms with Gasteiger partial charge in [-0.3, -0.25) is 14.9 Å². The van der Waals surface area contributed by atoms with Crippen LogP contribution in [0.25, 0.3) is 38.9 Å². The van der Waals surface area contributed by atoms with Crippen molar-refractivity contribution in [3.8, 4) is 22.3 Å². The highest BCUT2D eigenvalue weighted by atomic mass is 16.1. The number of carbonyl (C=O) groups excluding carboxylic acids is 1. The van der Waals surface area contributed by atoms with E-state index in [1.165, 1.54) is 0 Å². The summed E-state index contributed by atoms with van der Waals surface area (Å²) in [6.07, 6.45) is 4.73. The van der Waals surface area contributed by atoms with Crippen molar-refractivity contribution in [1.29, 1.82) is 0 Å².